The Morgan fingerprint density at radius 1 is 1.33 bits per heavy atom. The molecule has 1 aromatic heterocycles. The third-order valence-electron chi connectivity index (χ3n) is 4.69. The Hall–Kier alpha value is -1.22. The van der Waals surface area contributed by atoms with Gasteiger partial charge in [0.2, 0.25) is 0 Å². The van der Waals surface area contributed by atoms with Gasteiger partial charge in [-0.3, -0.25) is 0 Å². The standard InChI is InChI=1S/C17H23ClN2O/c1-12-5-3-4-6-15(12)20-16-11-13(21-2)7-8-14(16)19-17(20)9-10-18/h7-8,11-12,15H,3-6,9-10H2,1-2H3. The van der Waals surface area contributed by atoms with E-state index in [0.29, 0.717) is 17.8 Å². The van der Waals surface area contributed by atoms with Crippen LogP contribution in [0.15, 0.2) is 18.2 Å². The van der Waals surface area contributed by atoms with Gasteiger partial charge in [0.05, 0.1) is 18.1 Å². The van der Waals surface area contributed by atoms with Crippen molar-refractivity contribution in [1.29, 1.82) is 0 Å². The zero-order chi connectivity index (χ0) is 14.8. The normalized spacial score (nSPS) is 22.6. The van der Waals surface area contributed by atoms with Crippen LogP contribution >= 0.6 is 11.6 Å². The van der Waals surface area contributed by atoms with E-state index >= 15 is 0 Å². The van der Waals surface area contributed by atoms with Crippen LogP contribution < -0.4 is 4.74 Å². The Kier molecular flexibility index (Phi) is 4.39. The number of hydrogen-bond donors (Lipinski definition) is 0. The van der Waals surface area contributed by atoms with Crippen molar-refractivity contribution in [2.45, 2.75) is 45.1 Å². The third kappa shape index (κ3) is 2.76. The van der Waals surface area contributed by atoms with Crippen molar-refractivity contribution in [3.8, 4) is 5.75 Å². The summed E-state index contributed by atoms with van der Waals surface area (Å²) in [6.07, 6.45) is 6.01. The number of imidazole rings is 1. The largest absolute Gasteiger partial charge is 0.497 e. The molecule has 1 aromatic carbocycles. The van der Waals surface area contributed by atoms with Crippen molar-refractivity contribution in [2.75, 3.05) is 13.0 Å². The van der Waals surface area contributed by atoms with Crippen LogP contribution in [0.2, 0.25) is 0 Å². The number of alkyl halides is 1. The van der Waals surface area contributed by atoms with E-state index in [9.17, 15) is 0 Å². The number of fused-ring (bicyclic) bond motifs is 1. The molecule has 2 aromatic rings. The molecule has 1 fully saturated rings. The topological polar surface area (TPSA) is 27.1 Å². The zero-order valence-corrected chi connectivity index (χ0v) is 13.6. The van der Waals surface area contributed by atoms with Crippen LogP contribution in [0.1, 0.15) is 44.5 Å². The molecule has 0 radical (unpaired) electrons. The van der Waals surface area contributed by atoms with Gasteiger partial charge in [-0.1, -0.05) is 19.8 Å². The summed E-state index contributed by atoms with van der Waals surface area (Å²) in [6, 6.07) is 6.68. The maximum atomic E-state index is 5.99. The summed E-state index contributed by atoms with van der Waals surface area (Å²) in [5.41, 5.74) is 2.24. The van der Waals surface area contributed by atoms with Crippen molar-refractivity contribution in [3.63, 3.8) is 0 Å². The van der Waals surface area contributed by atoms with Gasteiger partial charge < -0.3 is 9.30 Å². The van der Waals surface area contributed by atoms with Crippen LogP contribution in [0.5, 0.6) is 5.75 Å². The first-order valence-corrected chi connectivity index (χ1v) is 8.39. The lowest BCUT2D eigenvalue weighted by molar-refractivity contribution is 0.257. The number of nitrogens with zero attached hydrogens (tertiary/aromatic N) is 2. The lowest BCUT2D eigenvalue weighted by Gasteiger charge is -2.31. The Bertz CT molecular complexity index is 623. The Morgan fingerprint density at radius 2 is 2.14 bits per heavy atom. The molecule has 1 heterocycles. The molecule has 0 N–H and O–H groups in total. The van der Waals surface area contributed by atoms with Gasteiger partial charge in [-0.25, -0.2) is 4.98 Å². The minimum Gasteiger partial charge on any atom is -0.497 e. The van der Waals surface area contributed by atoms with E-state index < -0.39 is 0 Å². The molecule has 2 atom stereocenters. The van der Waals surface area contributed by atoms with Gasteiger partial charge in [0.25, 0.3) is 0 Å². The number of aromatic nitrogens is 2. The molecule has 1 aliphatic carbocycles. The molecule has 1 saturated carbocycles. The molecule has 0 saturated heterocycles. The summed E-state index contributed by atoms with van der Waals surface area (Å²) in [7, 11) is 1.71. The Morgan fingerprint density at radius 3 is 2.86 bits per heavy atom. The number of benzene rings is 1. The lowest BCUT2D eigenvalue weighted by atomic mass is 9.85. The molecule has 1 aliphatic rings. The lowest BCUT2D eigenvalue weighted by Crippen LogP contribution is -2.23. The molecule has 3 rings (SSSR count). The number of ether oxygens (including phenoxy) is 1. The third-order valence-corrected chi connectivity index (χ3v) is 4.87. The van der Waals surface area contributed by atoms with Crippen molar-refractivity contribution in [3.05, 3.63) is 24.0 Å². The molecule has 3 nitrogen and oxygen atoms in total. The maximum absolute atomic E-state index is 5.99. The average molecular weight is 307 g/mol. The second-order valence-electron chi connectivity index (χ2n) is 6.02. The Labute approximate surface area is 131 Å². The highest BCUT2D eigenvalue weighted by Gasteiger charge is 2.26. The fourth-order valence-corrected chi connectivity index (χ4v) is 3.73. The van der Waals surface area contributed by atoms with Crippen LogP contribution in [-0.4, -0.2) is 22.5 Å². The van der Waals surface area contributed by atoms with Gasteiger partial charge in [0.15, 0.2) is 0 Å². The van der Waals surface area contributed by atoms with Crippen LogP contribution in [0.4, 0.5) is 0 Å². The van der Waals surface area contributed by atoms with Crippen LogP contribution in [0.3, 0.4) is 0 Å². The van der Waals surface area contributed by atoms with Crippen LogP contribution in [0.25, 0.3) is 11.0 Å². The van der Waals surface area contributed by atoms with E-state index in [-0.39, 0.29) is 0 Å². The second kappa shape index (κ2) is 6.27. The molecule has 0 spiro atoms. The van der Waals surface area contributed by atoms with E-state index in [1.54, 1.807) is 7.11 Å². The van der Waals surface area contributed by atoms with Gasteiger partial charge in [-0.05, 0) is 30.9 Å². The fourth-order valence-electron chi connectivity index (χ4n) is 3.56. The van der Waals surface area contributed by atoms with Gasteiger partial charge in [0.1, 0.15) is 11.6 Å². The first-order chi connectivity index (χ1) is 10.2. The monoisotopic (exact) mass is 306 g/mol. The molecule has 0 bridgehead atoms. The number of rotatable bonds is 4. The summed E-state index contributed by atoms with van der Waals surface area (Å²) in [6.45, 7) is 2.36. The van der Waals surface area contributed by atoms with E-state index in [1.807, 2.05) is 6.07 Å². The summed E-state index contributed by atoms with van der Waals surface area (Å²) >= 11 is 5.99. The maximum Gasteiger partial charge on any atom is 0.121 e. The van der Waals surface area contributed by atoms with E-state index in [2.05, 4.69) is 23.6 Å². The molecular weight excluding hydrogens is 284 g/mol. The molecule has 0 amide bonds. The van der Waals surface area contributed by atoms with Crippen molar-refractivity contribution in [2.24, 2.45) is 5.92 Å². The van der Waals surface area contributed by atoms with Gasteiger partial charge in [0, 0.05) is 24.4 Å². The van der Waals surface area contributed by atoms with Gasteiger partial charge >= 0.3 is 0 Å². The number of aryl methyl sites for hydroxylation is 1. The number of halogens is 1. The summed E-state index contributed by atoms with van der Waals surface area (Å²) in [5.74, 6) is 3.31. The van der Waals surface area contributed by atoms with Gasteiger partial charge in [-0.15, -0.1) is 11.6 Å². The Balaban J connectivity index is 2.13. The molecule has 21 heavy (non-hydrogen) atoms. The van der Waals surface area contributed by atoms with Crippen molar-refractivity contribution < 1.29 is 4.74 Å². The van der Waals surface area contributed by atoms with E-state index in [1.165, 1.54) is 31.2 Å². The van der Waals surface area contributed by atoms with Crippen molar-refractivity contribution >= 4 is 22.6 Å². The second-order valence-corrected chi connectivity index (χ2v) is 6.40. The molecule has 2 unspecified atom stereocenters. The van der Waals surface area contributed by atoms with Crippen molar-refractivity contribution in [1.82, 2.24) is 9.55 Å². The average Bonchev–Trinajstić information content (AvgIpc) is 2.85. The first kappa shape index (κ1) is 14.7. The predicted molar refractivity (Wildman–Crippen MR) is 87.4 cm³/mol. The first-order valence-electron chi connectivity index (χ1n) is 7.85. The zero-order valence-electron chi connectivity index (χ0n) is 12.8. The SMILES string of the molecule is COc1ccc2nc(CCCl)n(C3CCCCC3C)c2c1. The highest BCUT2D eigenvalue weighted by molar-refractivity contribution is 6.17. The molecule has 114 valence electrons. The highest BCUT2D eigenvalue weighted by Crippen LogP contribution is 2.37. The summed E-state index contributed by atoms with van der Waals surface area (Å²) < 4.78 is 7.83. The highest BCUT2D eigenvalue weighted by atomic mass is 35.5. The summed E-state index contributed by atoms with van der Waals surface area (Å²) in [5, 5.41) is 0. The predicted octanol–water partition coefficient (Wildman–Crippen LogP) is 4.58. The summed E-state index contributed by atoms with van der Waals surface area (Å²) in [4.78, 5) is 4.81. The van der Waals surface area contributed by atoms with E-state index in [0.717, 1.165) is 23.5 Å². The van der Waals surface area contributed by atoms with E-state index in [4.69, 9.17) is 21.3 Å². The number of methoxy groups -OCH3 is 1. The molecule has 4 heteroatoms. The molecule has 0 aliphatic heterocycles. The van der Waals surface area contributed by atoms with Crippen LogP contribution in [-0.2, 0) is 6.42 Å². The fraction of sp³-hybridized carbons (Fsp3) is 0.588. The minimum atomic E-state index is 0.536. The number of hydrogen-bond acceptors (Lipinski definition) is 2. The molecular formula is C17H23ClN2O. The smallest absolute Gasteiger partial charge is 0.121 e. The van der Waals surface area contributed by atoms with Gasteiger partial charge in [-0.2, -0.15) is 0 Å². The van der Waals surface area contributed by atoms with Crippen LogP contribution in [0, 0.1) is 5.92 Å². The minimum absolute atomic E-state index is 0.536. The quantitative estimate of drug-likeness (QED) is 0.773.